The maximum Gasteiger partial charge on any atom is 0.239 e. The summed E-state index contributed by atoms with van der Waals surface area (Å²) in [4.78, 5) is 24.2. The number of H-pyrrole nitrogens is 2. The van der Waals surface area contributed by atoms with Crippen molar-refractivity contribution in [2.24, 2.45) is 17.6 Å². The molecule has 2 fully saturated rings. The van der Waals surface area contributed by atoms with Gasteiger partial charge >= 0.3 is 0 Å². The molecule has 0 spiro atoms. The number of hydrogen-bond donors (Lipinski definition) is 3. The molecule has 0 saturated carbocycles. The summed E-state index contributed by atoms with van der Waals surface area (Å²) in [5, 5.41) is 3.70. The zero-order valence-corrected chi connectivity index (χ0v) is 20.2. The fourth-order valence-electron chi connectivity index (χ4n) is 5.81. The smallest absolute Gasteiger partial charge is 0.239 e. The van der Waals surface area contributed by atoms with Crippen LogP contribution in [0.3, 0.4) is 0 Å². The van der Waals surface area contributed by atoms with Crippen LogP contribution in [-0.2, 0) is 17.8 Å². The van der Waals surface area contributed by atoms with Crippen molar-refractivity contribution in [1.29, 1.82) is 0 Å². The second-order valence-corrected chi connectivity index (χ2v) is 10.6. The van der Waals surface area contributed by atoms with Gasteiger partial charge < -0.3 is 20.6 Å². The third-order valence-electron chi connectivity index (χ3n) is 7.48. The lowest BCUT2D eigenvalue weighted by atomic mass is 10.0. The van der Waals surface area contributed by atoms with E-state index in [4.69, 9.17) is 28.9 Å². The first-order valence-corrected chi connectivity index (χ1v) is 12.5. The minimum absolute atomic E-state index is 0.0514. The van der Waals surface area contributed by atoms with Crippen LogP contribution in [-0.4, -0.2) is 57.9 Å². The molecule has 4 N–H and O–H groups in total. The zero-order valence-electron chi connectivity index (χ0n) is 18.7. The molecule has 2 aliphatic rings. The van der Waals surface area contributed by atoms with E-state index in [9.17, 15) is 4.79 Å². The molecule has 2 saturated heterocycles. The van der Waals surface area contributed by atoms with Gasteiger partial charge in [-0.1, -0.05) is 29.3 Å². The standard InChI is InChI=1S/C26H27Cl2N5O/c27-19-2-4-24-22(6-19)16(9-30-24)10-32-11-17-13-33(14-18(17)12-32)26(34)23(29)5-15-8-31-25-7-20(28)1-3-21(15)25/h1-4,6-9,17-18,23,30-31H,5,10-14,29H2/t17?,18?,23-/m1/s1. The average Bonchev–Trinajstić information content (AvgIpc) is 3.57. The van der Waals surface area contributed by atoms with Gasteiger partial charge in [-0.3, -0.25) is 9.69 Å². The molecule has 0 bridgehead atoms. The summed E-state index contributed by atoms with van der Waals surface area (Å²) < 4.78 is 0. The van der Waals surface area contributed by atoms with Crippen LogP contribution in [0.15, 0.2) is 48.8 Å². The summed E-state index contributed by atoms with van der Waals surface area (Å²) >= 11 is 12.3. The Morgan fingerprint density at radius 2 is 1.59 bits per heavy atom. The van der Waals surface area contributed by atoms with Crippen molar-refractivity contribution in [1.82, 2.24) is 19.8 Å². The molecule has 3 atom stereocenters. The Kier molecular flexibility index (Phi) is 5.57. The third kappa shape index (κ3) is 3.99. The van der Waals surface area contributed by atoms with E-state index >= 15 is 0 Å². The Morgan fingerprint density at radius 1 is 0.912 bits per heavy atom. The molecule has 2 unspecified atom stereocenters. The van der Waals surface area contributed by atoms with Crippen LogP contribution in [0.5, 0.6) is 0 Å². The van der Waals surface area contributed by atoms with Crippen molar-refractivity contribution in [2.45, 2.75) is 19.0 Å². The molecular formula is C26H27Cl2N5O. The van der Waals surface area contributed by atoms with E-state index in [1.54, 1.807) is 0 Å². The van der Waals surface area contributed by atoms with Gasteiger partial charge in [0.05, 0.1) is 6.04 Å². The summed E-state index contributed by atoms with van der Waals surface area (Å²) in [6.07, 6.45) is 4.53. The first-order chi connectivity index (χ1) is 16.4. The lowest BCUT2D eigenvalue weighted by Gasteiger charge is -2.24. The number of benzene rings is 2. The molecule has 0 radical (unpaired) electrons. The number of nitrogens with zero attached hydrogens (tertiary/aromatic N) is 2. The van der Waals surface area contributed by atoms with E-state index in [1.165, 1.54) is 10.9 Å². The van der Waals surface area contributed by atoms with Crippen molar-refractivity contribution < 1.29 is 4.79 Å². The Balaban J connectivity index is 1.07. The van der Waals surface area contributed by atoms with E-state index in [1.807, 2.05) is 47.5 Å². The summed E-state index contributed by atoms with van der Waals surface area (Å²) in [5.74, 6) is 1.05. The number of likely N-dealkylation sites (tertiary alicyclic amines) is 2. The zero-order chi connectivity index (χ0) is 23.4. The highest BCUT2D eigenvalue weighted by molar-refractivity contribution is 6.31. The summed E-state index contributed by atoms with van der Waals surface area (Å²) in [6.45, 7) is 4.47. The van der Waals surface area contributed by atoms with Crippen LogP contribution in [0.2, 0.25) is 10.0 Å². The largest absolute Gasteiger partial charge is 0.361 e. The monoisotopic (exact) mass is 495 g/mol. The number of rotatable bonds is 5. The lowest BCUT2D eigenvalue weighted by Crippen LogP contribution is -2.45. The number of halogens is 2. The summed E-state index contributed by atoms with van der Waals surface area (Å²) in [6, 6.07) is 11.2. The van der Waals surface area contributed by atoms with Gasteiger partial charge in [0.15, 0.2) is 0 Å². The van der Waals surface area contributed by atoms with E-state index in [-0.39, 0.29) is 5.91 Å². The SMILES string of the molecule is N[C@H](Cc1c[nH]c2cc(Cl)ccc12)C(=O)N1CC2CN(Cc3c[nH]c4ccc(Cl)cc34)CC2C1. The Labute approximate surface area is 208 Å². The molecule has 2 aliphatic heterocycles. The van der Waals surface area contributed by atoms with Gasteiger partial charge in [-0.2, -0.15) is 0 Å². The maximum absolute atomic E-state index is 13.1. The van der Waals surface area contributed by atoms with Crippen molar-refractivity contribution in [3.05, 3.63) is 70.0 Å². The highest BCUT2D eigenvalue weighted by Crippen LogP contribution is 2.33. The van der Waals surface area contributed by atoms with Crippen LogP contribution in [0, 0.1) is 11.8 Å². The fraction of sp³-hybridized carbons (Fsp3) is 0.346. The molecule has 34 heavy (non-hydrogen) atoms. The number of aromatic nitrogens is 2. The van der Waals surface area contributed by atoms with E-state index in [2.05, 4.69) is 21.1 Å². The summed E-state index contributed by atoms with van der Waals surface area (Å²) in [7, 11) is 0. The predicted molar refractivity (Wildman–Crippen MR) is 137 cm³/mol. The number of carbonyl (C=O) groups is 1. The number of fused-ring (bicyclic) bond motifs is 3. The molecule has 4 heterocycles. The minimum atomic E-state index is -0.541. The highest BCUT2D eigenvalue weighted by Gasteiger charge is 2.42. The third-order valence-corrected chi connectivity index (χ3v) is 7.95. The molecule has 4 aromatic rings. The van der Waals surface area contributed by atoms with Crippen molar-refractivity contribution >= 4 is 50.9 Å². The lowest BCUT2D eigenvalue weighted by molar-refractivity contribution is -0.131. The number of carbonyl (C=O) groups excluding carboxylic acids is 1. The Hall–Kier alpha value is -2.51. The maximum atomic E-state index is 13.1. The molecule has 2 aromatic carbocycles. The average molecular weight is 496 g/mol. The molecule has 1 amide bonds. The molecule has 6 rings (SSSR count). The van der Waals surface area contributed by atoms with Crippen molar-refractivity contribution in [3.8, 4) is 0 Å². The predicted octanol–water partition coefficient (Wildman–Crippen LogP) is 4.42. The highest BCUT2D eigenvalue weighted by atomic mass is 35.5. The number of nitrogens with one attached hydrogen (secondary N) is 2. The molecule has 176 valence electrons. The van der Waals surface area contributed by atoms with Gasteiger partial charge in [0.1, 0.15) is 0 Å². The molecule has 0 aliphatic carbocycles. The van der Waals surface area contributed by atoms with Gasteiger partial charge in [-0.05, 0) is 59.7 Å². The van der Waals surface area contributed by atoms with Crippen molar-refractivity contribution in [3.63, 3.8) is 0 Å². The number of aromatic amines is 2. The molecule has 6 nitrogen and oxygen atoms in total. The van der Waals surface area contributed by atoms with Crippen LogP contribution < -0.4 is 5.73 Å². The van der Waals surface area contributed by atoms with E-state index in [0.29, 0.717) is 23.3 Å². The summed E-state index contributed by atoms with van der Waals surface area (Å²) in [5.41, 5.74) is 10.8. The normalized spacial score (nSPS) is 21.6. The fourth-order valence-corrected chi connectivity index (χ4v) is 6.15. The van der Waals surface area contributed by atoms with Crippen LogP contribution in [0.4, 0.5) is 0 Å². The minimum Gasteiger partial charge on any atom is -0.361 e. The van der Waals surface area contributed by atoms with Gasteiger partial charge in [0, 0.05) is 77.0 Å². The quantitative estimate of drug-likeness (QED) is 0.383. The molecular weight excluding hydrogens is 469 g/mol. The number of hydrogen-bond acceptors (Lipinski definition) is 3. The van der Waals surface area contributed by atoms with Gasteiger partial charge in [0.2, 0.25) is 5.91 Å². The van der Waals surface area contributed by atoms with Crippen molar-refractivity contribution in [2.75, 3.05) is 26.2 Å². The molecule has 8 heteroatoms. The van der Waals surface area contributed by atoms with E-state index < -0.39 is 6.04 Å². The van der Waals surface area contributed by atoms with Crippen LogP contribution in [0.1, 0.15) is 11.1 Å². The second-order valence-electron chi connectivity index (χ2n) is 9.78. The Morgan fingerprint density at radius 3 is 2.38 bits per heavy atom. The van der Waals surface area contributed by atoms with Gasteiger partial charge in [0.25, 0.3) is 0 Å². The first kappa shape index (κ1) is 22.0. The first-order valence-electron chi connectivity index (χ1n) is 11.7. The topological polar surface area (TPSA) is 81.2 Å². The number of nitrogens with two attached hydrogens (primary N) is 1. The van der Waals surface area contributed by atoms with E-state index in [0.717, 1.165) is 59.7 Å². The van der Waals surface area contributed by atoms with Gasteiger partial charge in [-0.15, -0.1) is 0 Å². The van der Waals surface area contributed by atoms with Crippen LogP contribution >= 0.6 is 23.2 Å². The second kappa shape index (κ2) is 8.61. The number of amides is 1. The molecule has 2 aromatic heterocycles. The van der Waals surface area contributed by atoms with Crippen LogP contribution in [0.25, 0.3) is 21.8 Å². The van der Waals surface area contributed by atoms with Gasteiger partial charge in [-0.25, -0.2) is 0 Å². The Bertz CT molecular complexity index is 1360.